The zero-order chi connectivity index (χ0) is 14.1. The largest absolute Gasteiger partial charge is 0.272 e. The summed E-state index contributed by atoms with van der Waals surface area (Å²) in [5, 5.41) is 7.08. The van der Waals surface area contributed by atoms with E-state index < -0.39 is 0 Å². The summed E-state index contributed by atoms with van der Waals surface area (Å²) in [5.74, 6) is 1.64. The van der Waals surface area contributed by atoms with Gasteiger partial charge in [-0.25, -0.2) is 15.0 Å². The van der Waals surface area contributed by atoms with Crippen LogP contribution in [0, 0.1) is 0 Å². The van der Waals surface area contributed by atoms with Crippen molar-refractivity contribution >= 4 is 28.1 Å². The molecule has 1 saturated heterocycles. The Bertz CT molecular complexity index is 751. The van der Waals surface area contributed by atoms with Crippen LogP contribution in [-0.2, 0) is 4.84 Å². The minimum absolute atomic E-state index is 0.756. The quantitative estimate of drug-likeness (QED) is 0.719. The topological polar surface area (TPSA) is 38.2 Å². The highest BCUT2D eigenvalue weighted by Gasteiger charge is 2.18. The summed E-state index contributed by atoms with van der Waals surface area (Å²) in [6.07, 6.45) is 2.24. The van der Waals surface area contributed by atoms with Crippen molar-refractivity contribution in [3.63, 3.8) is 0 Å². The van der Waals surface area contributed by atoms with Crippen LogP contribution in [0.5, 0.6) is 0 Å². The maximum Gasteiger partial charge on any atom is 0.164 e. The van der Waals surface area contributed by atoms with Crippen LogP contribution in [0.1, 0.15) is 12.8 Å². The molecular weight excluding hydrogens is 282 g/mol. The number of nitrogens with zero attached hydrogens (tertiary/aromatic N) is 3. The van der Waals surface area contributed by atoms with Gasteiger partial charge in [-0.3, -0.25) is 4.84 Å². The molecule has 3 heterocycles. The molecule has 5 heteroatoms. The molecule has 106 valence electrons. The maximum atomic E-state index is 5.79. The van der Waals surface area contributed by atoms with E-state index in [2.05, 4.69) is 22.5 Å². The molecule has 0 unspecified atom stereocenters. The molecule has 1 aromatic carbocycles. The Labute approximate surface area is 127 Å². The minimum atomic E-state index is 0.756. The van der Waals surface area contributed by atoms with Gasteiger partial charge in [0.1, 0.15) is 0 Å². The van der Waals surface area contributed by atoms with E-state index in [0.29, 0.717) is 0 Å². The number of rotatable bonds is 2. The molecule has 0 spiro atoms. The molecule has 2 aromatic heterocycles. The van der Waals surface area contributed by atoms with E-state index in [1.807, 2.05) is 28.6 Å². The van der Waals surface area contributed by atoms with Crippen molar-refractivity contribution in [2.45, 2.75) is 12.8 Å². The molecule has 4 rings (SSSR count). The van der Waals surface area contributed by atoms with Crippen LogP contribution in [0.2, 0.25) is 0 Å². The van der Waals surface area contributed by atoms with Crippen LogP contribution < -0.4 is 5.06 Å². The Morgan fingerprint density at radius 3 is 2.86 bits per heavy atom. The summed E-state index contributed by atoms with van der Waals surface area (Å²) < 4.78 is 0. The minimum Gasteiger partial charge on any atom is -0.272 e. The van der Waals surface area contributed by atoms with Gasteiger partial charge in [0.2, 0.25) is 0 Å². The number of hydrogen-bond donors (Lipinski definition) is 0. The molecular formula is C16H15N3OS. The van der Waals surface area contributed by atoms with Crippen molar-refractivity contribution in [2.75, 3.05) is 18.2 Å². The first-order valence-corrected chi connectivity index (χ1v) is 8.06. The predicted molar refractivity (Wildman–Crippen MR) is 85.4 cm³/mol. The Kier molecular flexibility index (Phi) is 3.29. The molecule has 1 aliphatic heterocycles. The second-order valence-electron chi connectivity index (χ2n) is 5.04. The number of aromatic nitrogens is 2. The number of para-hydroxylation sites is 1. The fourth-order valence-corrected chi connectivity index (χ4v) is 3.17. The van der Waals surface area contributed by atoms with E-state index in [9.17, 15) is 0 Å². The van der Waals surface area contributed by atoms with Crippen LogP contribution in [0.15, 0.2) is 41.1 Å². The molecule has 1 aliphatic rings. The second kappa shape index (κ2) is 5.42. The van der Waals surface area contributed by atoms with Crippen LogP contribution in [0.3, 0.4) is 0 Å². The van der Waals surface area contributed by atoms with Crippen molar-refractivity contribution in [1.29, 1.82) is 0 Å². The lowest BCUT2D eigenvalue weighted by Crippen LogP contribution is -2.30. The van der Waals surface area contributed by atoms with Gasteiger partial charge in [0.15, 0.2) is 11.6 Å². The number of hydroxylamine groups is 1. The third-order valence-corrected chi connectivity index (χ3v) is 4.28. The number of thiophene rings is 1. The van der Waals surface area contributed by atoms with E-state index in [0.717, 1.165) is 54.1 Å². The van der Waals surface area contributed by atoms with Gasteiger partial charge in [-0.2, -0.15) is 11.3 Å². The standard InChI is InChI=1S/C16H15N3OS/c1-2-6-14-13(5-1)16(19-8-3-4-9-20-19)18-15(17-14)12-7-10-21-11-12/h1-2,5-7,10-11H,3-4,8-9H2. The Morgan fingerprint density at radius 1 is 1.10 bits per heavy atom. The molecule has 0 atom stereocenters. The van der Waals surface area contributed by atoms with Crippen LogP contribution in [-0.4, -0.2) is 23.1 Å². The normalized spacial score (nSPS) is 15.5. The summed E-state index contributed by atoms with van der Waals surface area (Å²) in [6.45, 7) is 1.64. The molecule has 0 radical (unpaired) electrons. The molecule has 1 fully saturated rings. The van der Waals surface area contributed by atoms with Crippen molar-refractivity contribution in [3.05, 3.63) is 41.1 Å². The van der Waals surface area contributed by atoms with E-state index in [1.165, 1.54) is 0 Å². The monoisotopic (exact) mass is 297 g/mol. The third-order valence-electron chi connectivity index (χ3n) is 3.60. The van der Waals surface area contributed by atoms with Gasteiger partial charge in [0, 0.05) is 22.9 Å². The first kappa shape index (κ1) is 12.7. The number of benzene rings is 1. The molecule has 0 bridgehead atoms. The van der Waals surface area contributed by atoms with Crippen molar-refractivity contribution in [1.82, 2.24) is 9.97 Å². The van der Waals surface area contributed by atoms with Gasteiger partial charge >= 0.3 is 0 Å². The average Bonchev–Trinajstić information content (AvgIpc) is 3.09. The summed E-state index contributed by atoms with van der Waals surface area (Å²) >= 11 is 1.66. The number of anilines is 1. The number of fused-ring (bicyclic) bond motifs is 1. The Morgan fingerprint density at radius 2 is 2.05 bits per heavy atom. The molecule has 0 saturated carbocycles. The lowest BCUT2D eigenvalue weighted by atomic mass is 10.2. The molecule has 4 nitrogen and oxygen atoms in total. The highest BCUT2D eigenvalue weighted by Crippen LogP contribution is 2.29. The van der Waals surface area contributed by atoms with E-state index in [1.54, 1.807) is 11.3 Å². The smallest absolute Gasteiger partial charge is 0.164 e. The van der Waals surface area contributed by atoms with E-state index in [4.69, 9.17) is 9.82 Å². The van der Waals surface area contributed by atoms with Crippen LogP contribution in [0.4, 0.5) is 5.82 Å². The summed E-state index contributed by atoms with van der Waals surface area (Å²) in [4.78, 5) is 15.2. The molecule has 0 aliphatic carbocycles. The lowest BCUT2D eigenvalue weighted by molar-refractivity contribution is 0.0768. The van der Waals surface area contributed by atoms with Gasteiger partial charge in [0.05, 0.1) is 12.1 Å². The highest BCUT2D eigenvalue weighted by atomic mass is 32.1. The fourth-order valence-electron chi connectivity index (χ4n) is 2.53. The van der Waals surface area contributed by atoms with E-state index in [-0.39, 0.29) is 0 Å². The zero-order valence-corrected chi connectivity index (χ0v) is 12.3. The first-order chi connectivity index (χ1) is 10.4. The van der Waals surface area contributed by atoms with Gasteiger partial charge in [-0.15, -0.1) is 0 Å². The van der Waals surface area contributed by atoms with Crippen LogP contribution >= 0.6 is 11.3 Å². The average molecular weight is 297 g/mol. The lowest BCUT2D eigenvalue weighted by Gasteiger charge is -2.27. The highest BCUT2D eigenvalue weighted by molar-refractivity contribution is 7.08. The predicted octanol–water partition coefficient (Wildman–Crippen LogP) is 3.89. The maximum absolute atomic E-state index is 5.79. The molecule has 21 heavy (non-hydrogen) atoms. The fraction of sp³-hybridized carbons (Fsp3) is 0.250. The SMILES string of the molecule is c1ccc2c(N3CCCCO3)nc(-c3ccsc3)nc2c1. The van der Waals surface area contributed by atoms with Crippen molar-refractivity contribution in [2.24, 2.45) is 0 Å². The Balaban J connectivity index is 1.90. The van der Waals surface area contributed by atoms with Crippen molar-refractivity contribution < 1.29 is 4.84 Å². The molecule has 0 N–H and O–H groups in total. The molecule has 3 aromatic rings. The summed E-state index contributed by atoms with van der Waals surface area (Å²) in [7, 11) is 0. The van der Waals surface area contributed by atoms with Crippen molar-refractivity contribution in [3.8, 4) is 11.4 Å². The van der Waals surface area contributed by atoms with Gasteiger partial charge in [-0.05, 0) is 36.4 Å². The zero-order valence-electron chi connectivity index (χ0n) is 11.5. The Hall–Kier alpha value is -1.98. The summed E-state index contributed by atoms with van der Waals surface area (Å²) in [5.41, 5.74) is 2.02. The second-order valence-corrected chi connectivity index (χ2v) is 5.82. The van der Waals surface area contributed by atoms with Gasteiger partial charge in [0.25, 0.3) is 0 Å². The molecule has 0 amide bonds. The third kappa shape index (κ3) is 2.39. The van der Waals surface area contributed by atoms with Crippen LogP contribution in [0.25, 0.3) is 22.3 Å². The number of hydrogen-bond acceptors (Lipinski definition) is 5. The summed E-state index contributed by atoms with van der Waals surface area (Å²) in [6, 6.07) is 10.2. The van der Waals surface area contributed by atoms with Gasteiger partial charge in [-0.1, -0.05) is 12.1 Å². The first-order valence-electron chi connectivity index (χ1n) is 7.11. The van der Waals surface area contributed by atoms with Gasteiger partial charge < -0.3 is 0 Å². The van der Waals surface area contributed by atoms with E-state index >= 15 is 0 Å².